The molecule has 1 saturated carbocycles. The van der Waals surface area contributed by atoms with Gasteiger partial charge in [-0.15, -0.1) is 11.8 Å². The van der Waals surface area contributed by atoms with E-state index < -0.39 is 0 Å². The largest absolute Gasteiger partial charge is 0.454 e. The third kappa shape index (κ3) is 8.03. The van der Waals surface area contributed by atoms with E-state index in [2.05, 4.69) is 70.9 Å². The van der Waals surface area contributed by atoms with Crippen molar-refractivity contribution in [2.24, 2.45) is 13.0 Å². The molecule has 7 rings (SSSR count). The van der Waals surface area contributed by atoms with Gasteiger partial charge in [-0.25, -0.2) is 0 Å². The lowest BCUT2D eigenvalue weighted by Crippen LogP contribution is -2.25. The maximum atomic E-state index is 13.4. The van der Waals surface area contributed by atoms with Gasteiger partial charge >= 0.3 is 0 Å². The lowest BCUT2D eigenvalue weighted by atomic mass is 9.84. The minimum atomic E-state index is -0.142. The summed E-state index contributed by atoms with van der Waals surface area (Å²) in [6.07, 6.45) is 7.29. The molecule has 2 heterocycles. The molecule has 0 atom stereocenters. The van der Waals surface area contributed by atoms with E-state index in [1.807, 2.05) is 59.9 Å². The van der Waals surface area contributed by atoms with Gasteiger partial charge in [-0.2, -0.15) is 0 Å². The van der Waals surface area contributed by atoms with Crippen LogP contribution in [0.15, 0.2) is 102 Å². The highest BCUT2D eigenvalue weighted by Gasteiger charge is 2.25. The third-order valence-corrected chi connectivity index (χ3v) is 10.6. The van der Waals surface area contributed by atoms with Gasteiger partial charge in [0.15, 0.2) is 17.3 Å². The third-order valence-electron chi connectivity index (χ3n) is 9.64. The van der Waals surface area contributed by atoms with Gasteiger partial charge in [0, 0.05) is 78.0 Å². The first-order valence-corrected chi connectivity index (χ1v) is 18.3. The number of ketones is 1. The number of amides is 1. The summed E-state index contributed by atoms with van der Waals surface area (Å²) in [6.45, 7) is 3.21. The van der Waals surface area contributed by atoms with Crippen molar-refractivity contribution in [3.63, 3.8) is 0 Å². The number of rotatable bonds is 13. The monoisotopic (exact) mass is 673 g/mol. The number of carbonyl (C=O) groups is 2. The summed E-state index contributed by atoms with van der Waals surface area (Å²) in [6, 6.07) is 30.9. The Morgan fingerprint density at radius 3 is 2.39 bits per heavy atom. The lowest BCUT2D eigenvalue weighted by molar-refractivity contribution is 0.0889. The second-order valence-corrected chi connectivity index (χ2v) is 14.3. The summed E-state index contributed by atoms with van der Waals surface area (Å²) < 4.78 is 13.1. The van der Waals surface area contributed by atoms with Gasteiger partial charge in [0.1, 0.15) is 0 Å². The summed E-state index contributed by atoms with van der Waals surface area (Å²) in [5, 5.41) is 3.95. The molecule has 8 heteroatoms. The van der Waals surface area contributed by atoms with Crippen molar-refractivity contribution in [3.05, 3.63) is 125 Å². The molecule has 1 aromatic heterocycles. The molecule has 0 radical (unpaired) electrons. The smallest absolute Gasteiger partial charge is 0.251 e. The van der Waals surface area contributed by atoms with Crippen LogP contribution in [0.25, 0.3) is 10.9 Å². The number of Topliss-reactive ketones (excluding diaryl/α,β-unsaturated/α-hetero) is 1. The molecule has 0 bridgehead atoms. The quantitative estimate of drug-likeness (QED) is 0.100. The van der Waals surface area contributed by atoms with Crippen LogP contribution in [-0.4, -0.2) is 40.2 Å². The molecule has 5 aromatic rings. The second-order valence-electron chi connectivity index (χ2n) is 13.1. The topological polar surface area (TPSA) is 72.8 Å². The molecule has 4 aromatic carbocycles. The van der Waals surface area contributed by atoms with Crippen LogP contribution in [0.5, 0.6) is 11.5 Å². The number of thioether (sulfide) groups is 1. The number of hydrogen-bond acceptors (Lipinski definition) is 6. The number of ether oxygens (including phenoxy) is 2. The van der Waals surface area contributed by atoms with Crippen LogP contribution < -0.4 is 14.8 Å². The second kappa shape index (κ2) is 15.3. The highest BCUT2D eigenvalue weighted by atomic mass is 32.2. The Hall–Kier alpha value is -4.53. The summed E-state index contributed by atoms with van der Waals surface area (Å²) in [5.41, 5.74) is 5.71. The Balaban J connectivity index is 0.983. The van der Waals surface area contributed by atoms with Gasteiger partial charge in [-0.05, 0) is 72.0 Å². The number of nitrogens with zero attached hydrogens (tertiary/aromatic N) is 2. The van der Waals surface area contributed by atoms with Gasteiger partial charge in [0.05, 0.1) is 0 Å². The molecular weight excluding hydrogens is 631 g/mol. The first-order chi connectivity index (χ1) is 24.0. The molecule has 49 heavy (non-hydrogen) atoms. The van der Waals surface area contributed by atoms with Crippen molar-refractivity contribution in [3.8, 4) is 11.5 Å². The minimum Gasteiger partial charge on any atom is -0.454 e. The zero-order chi connectivity index (χ0) is 33.6. The van der Waals surface area contributed by atoms with E-state index in [0.717, 1.165) is 84.6 Å². The predicted octanol–water partition coefficient (Wildman–Crippen LogP) is 8.39. The van der Waals surface area contributed by atoms with Crippen molar-refractivity contribution in [1.82, 2.24) is 14.8 Å². The fourth-order valence-corrected chi connectivity index (χ4v) is 7.88. The molecule has 252 valence electrons. The van der Waals surface area contributed by atoms with Gasteiger partial charge < -0.3 is 19.4 Å². The van der Waals surface area contributed by atoms with E-state index in [0.29, 0.717) is 12.1 Å². The number of carbonyl (C=O) groups excluding carboxylic acids is 2. The molecule has 1 fully saturated rings. The van der Waals surface area contributed by atoms with E-state index in [-0.39, 0.29) is 24.4 Å². The van der Waals surface area contributed by atoms with Crippen molar-refractivity contribution in [2.75, 3.05) is 19.1 Å². The molecular formula is C41H43N3O4S. The first-order valence-electron chi connectivity index (χ1n) is 17.3. The van der Waals surface area contributed by atoms with E-state index in [4.69, 9.17) is 9.47 Å². The van der Waals surface area contributed by atoms with Crippen molar-refractivity contribution in [2.45, 2.75) is 56.6 Å². The van der Waals surface area contributed by atoms with Crippen molar-refractivity contribution < 1.29 is 19.1 Å². The summed E-state index contributed by atoms with van der Waals surface area (Å²) >= 11 is 1.87. The number of fused-ring (bicyclic) bond motifs is 2. The van der Waals surface area contributed by atoms with Crippen LogP contribution >= 0.6 is 11.8 Å². The van der Waals surface area contributed by atoms with Crippen LogP contribution in [0.2, 0.25) is 0 Å². The lowest BCUT2D eigenvalue weighted by Gasteiger charge is -2.23. The highest BCUT2D eigenvalue weighted by Crippen LogP contribution is 2.33. The Bertz CT molecular complexity index is 1920. The molecule has 0 saturated heterocycles. The Morgan fingerprint density at radius 1 is 0.837 bits per heavy atom. The Labute approximate surface area is 292 Å². The zero-order valence-corrected chi connectivity index (χ0v) is 28.8. The maximum Gasteiger partial charge on any atom is 0.251 e. The van der Waals surface area contributed by atoms with Crippen LogP contribution in [0.1, 0.15) is 69.5 Å². The molecule has 0 unspecified atom stereocenters. The number of hydrogen-bond donors (Lipinski definition) is 1. The van der Waals surface area contributed by atoms with E-state index >= 15 is 0 Å². The molecule has 1 aliphatic carbocycles. The summed E-state index contributed by atoms with van der Waals surface area (Å²) in [7, 11) is 1.96. The fraction of sp³-hybridized carbons (Fsp3) is 0.317. The van der Waals surface area contributed by atoms with E-state index in [1.165, 1.54) is 22.4 Å². The van der Waals surface area contributed by atoms with Gasteiger partial charge in [0.2, 0.25) is 6.79 Å². The fourth-order valence-electron chi connectivity index (χ4n) is 6.94. The molecule has 2 aliphatic rings. The van der Waals surface area contributed by atoms with Crippen molar-refractivity contribution >= 4 is 34.4 Å². The number of nitrogens with one attached hydrogen (secondary N) is 1. The number of benzene rings is 4. The highest BCUT2D eigenvalue weighted by molar-refractivity contribution is 7.99. The number of aryl methyl sites for hydroxylation is 1. The maximum absolute atomic E-state index is 13.4. The van der Waals surface area contributed by atoms with Crippen molar-refractivity contribution in [1.29, 1.82) is 0 Å². The minimum absolute atomic E-state index is 0.0868. The van der Waals surface area contributed by atoms with Crippen LogP contribution in [0, 0.1) is 5.92 Å². The molecule has 1 amide bonds. The summed E-state index contributed by atoms with van der Waals surface area (Å²) in [5.74, 6) is 2.74. The van der Waals surface area contributed by atoms with Gasteiger partial charge in [-0.3, -0.25) is 14.5 Å². The van der Waals surface area contributed by atoms with Crippen LogP contribution in [-0.2, 0) is 26.7 Å². The molecule has 1 N–H and O–H groups in total. The summed E-state index contributed by atoms with van der Waals surface area (Å²) in [4.78, 5) is 30.4. The predicted molar refractivity (Wildman–Crippen MR) is 195 cm³/mol. The number of aromatic nitrogens is 1. The Kier molecular flexibility index (Phi) is 10.3. The normalized spacial score (nSPS) is 14.4. The zero-order valence-electron chi connectivity index (χ0n) is 28.0. The SMILES string of the molecule is Cn1cc(C(=O)C2CCCCC2)c2cc(C(=O)NCc3ccc(CN(CCSc4ccccc4)Cc4ccc5c(c4)OCO5)cc3)ccc21. The van der Waals surface area contributed by atoms with Crippen LogP contribution in [0.4, 0.5) is 0 Å². The Morgan fingerprint density at radius 2 is 1.57 bits per heavy atom. The van der Waals surface area contributed by atoms with E-state index in [1.54, 1.807) is 0 Å². The molecule has 1 aliphatic heterocycles. The first kappa shape index (κ1) is 33.0. The van der Waals surface area contributed by atoms with E-state index in [9.17, 15) is 9.59 Å². The molecule has 7 nitrogen and oxygen atoms in total. The van der Waals surface area contributed by atoms with Gasteiger partial charge in [-0.1, -0.05) is 67.8 Å². The van der Waals surface area contributed by atoms with Gasteiger partial charge in [0.25, 0.3) is 5.91 Å². The standard InChI is InChI=1S/C41H43N3O4S/c1-43-27-36(40(45)32-8-4-2-5-9-32)35-23-33(17-18-37(35)43)41(46)42-24-29-12-14-30(15-13-29)25-44(20-21-49-34-10-6-3-7-11-34)26-31-16-19-38-39(22-31)48-28-47-38/h3,6-7,10-19,22-23,27,32H,2,4-5,8-9,20-21,24-26,28H2,1H3,(H,42,46). The molecule has 0 spiro atoms. The van der Waals surface area contributed by atoms with Crippen LogP contribution in [0.3, 0.4) is 0 Å². The average molecular weight is 674 g/mol. The average Bonchev–Trinajstić information content (AvgIpc) is 3.75.